The minimum Gasteiger partial charge on any atom is -0.345 e. The molecule has 0 unspecified atom stereocenters. The van der Waals surface area contributed by atoms with Gasteiger partial charge in [0.1, 0.15) is 6.42 Å². The van der Waals surface area contributed by atoms with Crippen molar-refractivity contribution in [1.82, 2.24) is 4.90 Å². The number of carbonyl (C=O) groups excluding carboxylic acids is 1. The summed E-state index contributed by atoms with van der Waals surface area (Å²) >= 11 is 0. The Morgan fingerprint density at radius 3 is 2.64 bits per heavy atom. The van der Waals surface area contributed by atoms with Gasteiger partial charge in [0.15, 0.2) is 0 Å². The number of hydrogen-bond donors (Lipinski definition) is 0. The van der Waals surface area contributed by atoms with E-state index in [9.17, 15) is 4.79 Å². The maximum atomic E-state index is 11.3. The summed E-state index contributed by atoms with van der Waals surface area (Å²) < 4.78 is 0. The topological polar surface area (TPSA) is 44.1 Å². The molecule has 1 saturated carbocycles. The molecule has 0 bridgehead atoms. The first-order valence-corrected chi connectivity index (χ1v) is 5.35. The van der Waals surface area contributed by atoms with E-state index in [1.54, 1.807) is 11.9 Å². The Morgan fingerprint density at radius 2 is 2.07 bits per heavy atom. The van der Waals surface area contributed by atoms with E-state index in [2.05, 4.69) is 0 Å². The summed E-state index contributed by atoms with van der Waals surface area (Å²) in [5.74, 6) is 0.620. The average Bonchev–Trinajstić information content (AvgIpc) is 2.19. The molecule has 0 aromatic heterocycles. The van der Waals surface area contributed by atoms with Gasteiger partial charge in [-0.1, -0.05) is 19.3 Å². The summed E-state index contributed by atoms with van der Waals surface area (Å²) in [6.07, 6.45) is 6.43. The van der Waals surface area contributed by atoms with Gasteiger partial charge in [0.25, 0.3) is 0 Å². The molecule has 0 atom stereocenters. The molecule has 0 aromatic carbocycles. The molecule has 0 aliphatic heterocycles. The van der Waals surface area contributed by atoms with Crippen LogP contribution in [0.2, 0.25) is 0 Å². The third-order valence-electron chi connectivity index (χ3n) is 2.91. The Morgan fingerprint density at radius 1 is 1.43 bits per heavy atom. The van der Waals surface area contributed by atoms with Crippen LogP contribution in [0.3, 0.4) is 0 Å². The lowest BCUT2D eigenvalue weighted by atomic mass is 9.89. The first-order valence-electron chi connectivity index (χ1n) is 5.35. The van der Waals surface area contributed by atoms with E-state index in [0.717, 1.165) is 6.54 Å². The molecule has 3 nitrogen and oxygen atoms in total. The highest BCUT2D eigenvalue weighted by molar-refractivity contribution is 5.77. The van der Waals surface area contributed by atoms with Crippen LogP contribution in [-0.2, 0) is 4.79 Å². The Kier molecular flexibility index (Phi) is 4.45. The predicted molar refractivity (Wildman–Crippen MR) is 54.4 cm³/mol. The minimum absolute atomic E-state index is 0.0171. The second-order valence-corrected chi connectivity index (χ2v) is 4.11. The minimum atomic E-state index is -0.0435. The van der Waals surface area contributed by atoms with Crippen molar-refractivity contribution in [2.24, 2.45) is 5.92 Å². The molecule has 0 saturated heterocycles. The maximum absolute atomic E-state index is 11.3. The van der Waals surface area contributed by atoms with E-state index in [-0.39, 0.29) is 12.3 Å². The van der Waals surface area contributed by atoms with Crippen LogP contribution in [0.5, 0.6) is 0 Å². The number of rotatable bonds is 3. The summed E-state index contributed by atoms with van der Waals surface area (Å²) in [6.45, 7) is 0.834. The molecule has 1 aliphatic carbocycles. The molecular weight excluding hydrogens is 176 g/mol. The number of carbonyl (C=O) groups is 1. The molecule has 0 radical (unpaired) electrons. The summed E-state index contributed by atoms with van der Waals surface area (Å²) in [5.41, 5.74) is 0. The van der Waals surface area contributed by atoms with Crippen molar-refractivity contribution in [2.75, 3.05) is 13.6 Å². The fraction of sp³-hybridized carbons (Fsp3) is 0.818. The number of nitriles is 1. The maximum Gasteiger partial charge on any atom is 0.236 e. The van der Waals surface area contributed by atoms with Gasteiger partial charge in [-0.3, -0.25) is 4.79 Å². The van der Waals surface area contributed by atoms with Crippen LogP contribution in [-0.4, -0.2) is 24.4 Å². The molecule has 0 heterocycles. The highest BCUT2D eigenvalue weighted by Crippen LogP contribution is 2.24. The predicted octanol–water partition coefficient (Wildman–Crippen LogP) is 1.94. The van der Waals surface area contributed by atoms with Crippen LogP contribution in [0, 0.1) is 17.2 Å². The van der Waals surface area contributed by atoms with Gasteiger partial charge in [0, 0.05) is 13.6 Å². The van der Waals surface area contributed by atoms with Crippen LogP contribution in [0.25, 0.3) is 0 Å². The quantitative estimate of drug-likeness (QED) is 0.689. The summed E-state index contributed by atoms with van der Waals surface area (Å²) in [7, 11) is 1.80. The largest absolute Gasteiger partial charge is 0.345 e. The molecule has 1 rings (SSSR count). The Bertz CT molecular complexity index is 226. The van der Waals surface area contributed by atoms with Crippen molar-refractivity contribution >= 4 is 5.91 Å². The van der Waals surface area contributed by atoms with Crippen LogP contribution >= 0.6 is 0 Å². The summed E-state index contributed by atoms with van der Waals surface area (Å²) in [5, 5.41) is 8.39. The van der Waals surface area contributed by atoms with Crippen molar-refractivity contribution in [3.05, 3.63) is 0 Å². The van der Waals surface area contributed by atoms with Gasteiger partial charge in [0.2, 0.25) is 5.91 Å². The zero-order valence-electron chi connectivity index (χ0n) is 8.83. The van der Waals surface area contributed by atoms with E-state index in [4.69, 9.17) is 5.26 Å². The fourth-order valence-electron chi connectivity index (χ4n) is 2.06. The molecule has 14 heavy (non-hydrogen) atoms. The van der Waals surface area contributed by atoms with E-state index in [0.29, 0.717) is 5.92 Å². The Labute approximate surface area is 85.7 Å². The van der Waals surface area contributed by atoms with Crippen molar-refractivity contribution in [3.8, 4) is 6.07 Å². The van der Waals surface area contributed by atoms with Crippen molar-refractivity contribution in [3.63, 3.8) is 0 Å². The zero-order valence-corrected chi connectivity index (χ0v) is 8.83. The average molecular weight is 194 g/mol. The van der Waals surface area contributed by atoms with Crippen molar-refractivity contribution < 1.29 is 4.79 Å². The Hall–Kier alpha value is -1.04. The van der Waals surface area contributed by atoms with Gasteiger partial charge in [-0.25, -0.2) is 0 Å². The first-order chi connectivity index (χ1) is 6.74. The van der Waals surface area contributed by atoms with E-state index >= 15 is 0 Å². The highest BCUT2D eigenvalue weighted by atomic mass is 16.2. The monoisotopic (exact) mass is 194 g/mol. The van der Waals surface area contributed by atoms with E-state index < -0.39 is 0 Å². The molecular formula is C11H18N2O. The highest BCUT2D eigenvalue weighted by Gasteiger charge is 2.17. The van der Waals surface area contributed by atoms with Crippen molar-refractivity contribution in [1.29, 1.82) is 5.26 Å². The SMILES string of the molecule is CN(CC1CCCCC1)C(=O)CC#N. The summed E-state index contributed by atoms with van der Waals surface area (Å²) in [4.78, 5) is 13.0. The third kappa shape index (κ3) is 3.37. The number of amides is 1. The first kappa shape index (κ1) is 11.0. The van der Waals surface area contributed by atoms with Gasteiger partial charge >= 0.3 is 0 Å². The van der Waals surface area contributed by atoms with Gasteiger partial charge in [0.05, 0.1) is 6.07 Å². The third-order valence-corrected chi connectivity index (χ3v) is 2.91. The van der Waals surface area contributed by atoms with Crippen LogP contribution in [0.4, 0.5) is 0 Å². The number of nitrogens with zero attached hydrogens (tertiary/aromatic N) is 2. The lowest BCUT2D eigenvalue weighted by Crippen LogP contribution is -2.32. The molecule has 1 amide bonds. The second-order valence-electron chi connectivity index (χ2n) is 4.11. The molecule has 1 fully saturated rings. The Balaban J connectivity index is 2.28. The second kappa shape index (κ2) is 5.64. The standard InChI is InChI=1S/C11H18N2O/c1-13(11(14)7-8-12)9-10-5-3-2-4-6-10/h10H,2-7,9H2,1H3. The van der Waals surface area contributed by atoms with E-state index in [1.165, 1.54) is 32.1 Å². The van der Waals surface area contributed by atoms with E-state index in [1.807, 2.05) is 6.07 Å². The zero-order chi connectivity index (χ0) is 10.4. The van der Waals surface area contributed by atoms with Crippen molar-refractivity contribution in [2.45, 2.75) is 38.5 Å². The fourth-order valence-corrected chi connectivity index (χ4v) is 2.06. The molecule has 0 spiro atoms. The van der Waals surface area contributed by atoms with Gasteiger partial charge in [-0.05, 0) is 18.8 Å². The van der Waals surface area contributed by atoms with Gasteiger partial charge < -0.3 is 4.90 Å². The molecule has 78 valence electrons. The lowest BCUT2D eigenvalue weighted by molar-refractivity contribution is -0.129. The van der Waals surface area contributed by atoms with Crippen LogP contribution < -0.4 is 0 Å². The molecule has 0 aromatic rings. The lowest BCUT2D eigenvalue weighted by Gasteiger charge is -2.26. The van der Waals surface area contributed by atoms with Gasteiger partial charge in [-0.15, -0.1) is 0 Å². The molecule has 1 aliphatic rings. The molecule has 3 heteroatoms. The summed E-state index contributed by atoms with van der Waals surface area (Å²) in [6, 6.07) is 1.89. The van der Waals surface area contributed by atoms with Crippen LogP contribution in [0.15, 0.2) is 0 Å². The number of hydrogen-bond acceptors (Lipinski definition) is 2. The van der Waals surface area contributed by atoms with Gasteiger partial charge in [-0.2, -0.15) is 5.26 Å². The van der Waals surface area contributed by atoms with Crippen LogP contribution in [0.1, 0.15) is 38.5 Å². The normalized spacial score (nSPS) is 17.4. The smallest absolute Gasteiger partial charge is 0.236 e. The molecule has 0 N–H and O–H groups in total.